The smallest absolute Gasteiger partial charge is 0.258 e. The van der Waals surface area contributed by atoms with Crippen LogP contribution in [0.5, 0.6) is 0 Å². The number of benzene rings is 2. The second-order valence-corrected chi connectivity index (χ2v) is 6.19. The van der Waals surface area contributed by atoms with E-state index < -0.39 is 29.2 Å². The number of carbonyl (C=O) groups is 1. The zero-order valence-electron chi connectivity index (χ0n) is 14.6. The standard InChI is InChI=1S/C19H17F4N3O2/c20-12-7-13(21)9-14(8-12)25-19(24-10-15-2-1-5-28-15)26-18(27)11-3-4-16(22)17(23)6-11/h3-4,6-9,15H,1-2,5,10H2,(H2,24,25,26,27)/t15-/m0/s1. The van der Waals surface area contributed by atoms with Crippen molar-refractivity contribution < 1.29 is 27.1 Å². The number of halogens is 4. The Kier molecular flexibility index (Phi) is 6.25. The molecule has 1 aliphatic heterocycles. The summed E-state index contributed by atoms with van der Waals surface area (Å²) in [6.45, 7) is 0.817. The molecule has 0 aromatic heterocycles. The molecule has 1 atom stereocenters. The highest BCUT2D eigenvalue weighted by Gasteiger charge is 2.17. The van der Waals surface area contributed by atoms with Gasteiger partial charge in [0.25, 0.3) is 5.91 Å². The average molecular weight is 395 g/mol. The minimum atomic E-state index is -1.18. The fourth-order valence-corrected chi connectivity index (χ4v) is 2.67. The van der Waals surface area contributed by atoms with E-state index in [0.717, 1.165) is 43.2 Å². The third-order valence-electron chi connectivity index (χ3n) is 4.02. The van der Waals surface area contributed by atoms with Crippen molar-refractivity contribution >= 4 is 17.6 Å². The number of hydrogen-bond acceptors (Lipinski definition) is 3. The first kappa shape index (κ1) is 19.8. The Hall–Kier alpha value is -2.94. The molecule has 28 heavy (non-hydrogen) atoms. The van der Waals surface area contributed by atoms with Crippen molar-refractivity contribution in [2.24, 2.45) is 4.99 Å². The average Bonchev–Trinajstić information content (AvgIpc) is 3.14. The molecule has 2 N–H and O–H groups in total. The summed E-state index contributed by atoms with van der Waals surface area (Å²) in [5.74, 6) is -4.76. The van der Waals surface area contributed by atoms with Crippen molar-refractivity contribution in [2.75, 3.05) is 18.5 Å². The van der Waals surface area contributed by atoms with E-state index in [0.29, 0.717) is 12.7 Å². The predicted molar refractivity (Wildman–Crippen MR) is 95.1 cm³/mol. The van der Waals surface area contributed by atoms with Crippen LogP contribution in [0.25, 0.3) is 0 Å². The van der Waals surface area contributed by atoms with Gasteiger partial charge in [-0.15, -0.1) is 0 Å². The number of guanidine groups is 1. The first-order valence-corrected chi connectivity index (χ1v) is 8.56. The third-order valence-corrected chi connectivity index (χ3v) is 4.02. The van der Waals surface area contributed by atoms with E-state index in [2.05, 4.69) is 15.6 Å². The van der Waals surface area contributed by atoms with Gasteiger partial charge in [0.1, 0.15) is 11.6 Å². The molecule has 0 saturated carbocycles. The summed E-state index contributed by atoms with van der Waals surface area (Å²) in [5, 5.41) is 5.03. The number of nitrogens with zero attached hydrogens (tertiary/aromatic N) is 1. The monoisotopic (exact) mass is 395 g/mol. The van der Waals surface area contributed by atoms with Gasteiger partial charge in [-0.2, -0.15) is 0 Å². The van der Waals surface area contributed by atoms with Crippen molar-refractivity contribution in [1.82, 2.24) is 5.32 Å². The first-order valence-electron chi connectivity index (χ1n) is 8.56. The maximum Gasteiger partial charge on any atom is 0.258 e. The molecule has 9 heteroatoms. The fourth-order valence-electron chi connectivity index (χ4n) is 2.67. The van der Waals surface area contributed by atoms with E-state index in [4.69, 9.17) is 4.74 Å². The van der Waals surface area contributed by atoms with Gasteiger partial charge >= 0.3 is 0 Å². The van der Waals surface area contributed by atoms with Crippen LogP contribution in [0.15, 0.2) is 41.4 Å². The number of nitrogens with one attached hydrogen (secondary N) is 2. The van der Waals surface area contributed by atoms with Gasteiger partial charge < -0.3 is 10.1 Å². The van der Waals surface area contributed by atoms with E-state index >= 15 is 0 Å². The lowest BCUT2D eigenvalue weighted by Gasteiger charge is -2.13. The van der Waals surface area contributed by atoms with Crippen LogP contribution in [0.1, 0.15) is 23.2 Å². The molecule has 1 heterocycles. The molecule has 1 amide bonds. The summed E-state index contributed by atoms with van der Waals surface area (Å²) in [7, 11) is 0. The Morgan fingerprint density at radius 3 is 2.46 bits per heavy atom. The molecule has 3 rings (SSSR count). The molecule has 2 aromatic carbocycles. The summed E-state index contributed by atoms with van der Waals surface area (Å²) >= 11 is 0. The molecular formula is C19H17F4N3O2. The molecule has 1 fully saturated rings. The van der Waals surface area contributed by atoms with Gasteiger partial charge in [0, 0.05) is 23.9 Å². The Morgan fingerprint density at radius 2 is 1.82 bits per heavy atom. The maximum absolute atomic E-state index is 13.4. The topological polar surface area (TPSA) is 62.7 Å². The molecule has 0 radical (unpaired) electrons. The molecule has 0 aliphatic carbocycles. The van der Waals surface area contributed by atoms with Crippen molar-refractivity contribution in [3.63, 3.8) is 0 Å². The highest BCUT2D eigenvalue weighted by molar-refractivity contribution is 6.09. The van der Waals surface area contributed by atoms with Crippen LogP contribution in [0.2, 0.25) is 0 Å². The Bertz CT molecular complexity index is 878. The molecular weight excluding hydrogens is 378 g/mol. The van der Waals surface area contributed by atoms with Gasteiger partial charge in [-0.05, 0) is 43.2 Å². The molecule has 0 spiro atoms. The van der Waals surface area contributed by atoms with Crippen molar-refractivity contribution in [1.29, 1.82) is 0 Å². The molecule has 0 unspecified atom stereocenters. The van der Waals surface area contributed by atoms with Gasteiger partial charge in [0.2, 0.25) is 5.96 Å². The number of amides is 1. The van der Waals surface area contributed by atoms with Crippen LogP contribution in [-0.4, -0.2) is 31.1 Å². The lowest BCUT2D eigenvalue weighted by Crippen LogP contribution is -2.37. The molecule has 2 aromatic rings. The van der Waals surface area contributed by atoms with E-state index in [1.807, 2.05) is 0 Å². The second-order valence-electron chi connectivity index (χ2n) is 6.19. The maximum atomic E-state index is 13.4. The van der Waals surface area contributed by atoms with E-state index in [-0.39, 0.29) is 29.9 Å². The van der Waals surface area contributed by atoms with Crippen molar-refractivity contribution in [3.05, 3.63) is 65.2 Å². The van der Waals surface area contributed by atoms with E-state index in [1.54, 1.807) is 0 Å². The summed E-state index contributed by atoms with van der Waals surface area (Å²) in [4.78, 5) is 16.5. The summed E-state index contributed by atoms with van der Waals surface area (Å²) < 4.78 is 58.7. The summed E-state index contributed by atoms with van der Waals surface area (Å²) in [6, 6.07) is 5.41. The Morgan fingerprint density at radius 1 is 1.07 bits per heavy atom. The Balaban J connectivity index is 1.79. The number of hydrogen-bond donors (Lipinski definition) is 2. The highest BCUT2D eigenvalue weighted by atomic mass is 19.2. The van der Waals surface area contributed by atoms with Crippen LogP contribution in [0.3, 0.4) is 0 Å². The van der Waals surface area contributed by atoms with Crippen molar-refractivity contribution in [3.8, 4) is 0 Å². The van der Waals surface area contributed by atoms with Crippen LogP contribution >= 0.6 is 0 Å². The highest BCUT2D eigenvalue weighted by Crippen LogP contribution is 2.15. The number of rotatable bonds is 4. The zero-order valence-corrected chi connectivity index (χ0v) is 14.6. The largest absolute Gasteiger partial charge is 0.376 e. The number of aliphatic imine (C=N–C) groups is 1. The van der Waals surface area contributed by atoms with Crippen LogP contribution in [0.4, 0.5) is 23.2 Å². The quantitative estimate of drug-likeness (QED) is 0.472. The SMILES string of the molecule is O=C(NC(=NC[C@@H]1CCCO1)Nc1cc(F)cc(F)c1)c1ccc(F)c(F)c1. The van der Waals surface area contributed by atoms with Crippen molar-refractivity contribution in [2.45, 2.75) is 18.9 Å². The molecule has 148 valence electrons. The third kappa shape index (κ3) is 5.29. The van der Waals surface area contributed by atoms with Crippen LogP contribution in [-0.2, 0) is 4.74 Å². The number of carbonyl (C=O) groups excluding carboxylic acids is 1. The molecule has 1 aliphatic rings. The summed E-state index contributed by atoms with van der Waals surface area (Å²) in [6.07, 6.45) is 1.54. The lowest BCUT2D eigenvalue weighted by molar-refractivity contribution is 0.0975. The number of ether oxygens (including phenoxy) is 1. The number of anilines is 1. The predicted octanol–water partition coefficient (Wildman–Crippen LogP) is 3.62. The van der Waals surface area contributed by atoms with Gasteiger partial charge in [-0.3, -0.25) is 10.1 Å². The molecule has 1 saturated heterocycles. The van der Waals surface area contributed by atoms with Crippen LogP contribution in [0, 0.1) is 23.3 Å². The summed E-state index contributed by atoms with van der Waals surface area (Å²) in [5.41, 5.74) is -0.120. The Labute approximate surface area is 158 Å². The van der Waals surface area contributed by atoms with Gasteiger partial charge in [-0.25, -0.2) is 22.6 Å². The van der Waals surface area contributed by atoms with Gasteiger partial charge in [0.05, 0.1) is 12.6 Å². The van der Waals surface area contributed by atoms with Gasteiger partial charge in [0.15, 0.2) is 11.6 Å². The zero-order chi connectivity index (χ0) is 20.1. The van der Waals surface area contributed by atoms with Gasteiger partial charge in [-0.1, -0.05) is 0 Å². The first-order chi connectivity index (χ1) is 13.4. The normalized spacial score (nSPS) is 16.9. The van der Waals surface area contributed by atoms with E-state index in [1.165, 1.54) is 0 Å². The second kappa shape index (κ2) is 8.83. The lowest BCUT2D eigenvalue weighted by atomic mass is 10.2. The fraction of sp³-hybridized carbons (Fsp3) is 0.263. The minimum Gasteiger partial charge on any atom is -0.376 e. The molecule has 0 bridgehead atoms. The van der Waals surface area contributed by atoms with E-state index in [9.17, 15) is 22.4 Å². The van der Waals surface area contributed by atoms with Crippen LogP contribution < -0.4 is 10.6 Å². The minimum absolute atomic E-state index is 0.0224. The molecule has 5 nitrogen and oxygen atoms in total.